The first-order valence-electron chi connectivity index (χ1n) is 6.17. The Morgan fingerprint density at radius 2 is 1.95 bits per heavy atom. The molecule has 0 atom stereocenters. The van der Waals surface area contributed by atoms with E-state index < -0.39 is 32.8 Å². The number of rotatable bonds is 7. The molecule has 0 aliphatic rings. The molecule has 0 heterocycles. The molecule has 114 valence electrons. The Labute approximate surface area is 117 Å². The molecule has 1 rings (SSSR count). The van der Waals surface area contributed by atoms with Crippen molar-refractivity contribution < 1.29 is 22.3 Å². The maximum absolute atomic E-state index is 13.4. The van der Waals surface area contributed by atoms with E-state index >= 15 is 0 Å². The van der Waals surface area contributed by atoms with Gasteiger partial charge in [-0.1, -0.05) is 19.9 Å². The van der Waals surface area contributed by atoms with Gasteiger partial charge in [0.2, 0.25) is 10.0 Å². The quantitative estimate of drug-likeness (QED) is 0.807. The fraction of sp³-hybridized carbons (Fsp3) is 0.538. The summed E-state index contributed by atoms with van der Waals surface area (Å²) in [6.45, 7) is 3.72. The van der Waals surface area contributed by atoms with Crippen LogP contribution in [0.5, 0.6) is 0 Å². The van der Waals surface area contributed by atoms with Crippen molar-refractivity contribution in [3.63, 3.8) is 0 Å². The van der Waals surface area contributed by atoms with E-state index in [1.54, 1.807) is 0 Å². The predicted octanol–water partition coefficient (Wildman–Crippen LogP) is 1.79. The first-order chi connectivity index (χ1) is 9.15. The highest BCUT2D eigenvalue weighted by atomic mass is 32.2. The summed E-state index contributed by atoms with van der Waals surface area (Å²) < 4.78 is 52.2. The van der Waals surface area contributed by atoms with Crippen LogP contribution in [-0.4, -0.2) is 26.7 Å². The van der Waals surface area contributed by atoms with E-state index in [2.05, 4.69) is 4.72 Å². The lowest BCUT2D eigenvalue weighted by molar-refractivity contribution is 0.213. The van der Waals surface area contributed by atoms with Crippen LogP contribution >= 0.6 is 0 Å². The summed E-state index contributed by atoms with van der Waals surface area (Å²) in [4.78, 5) is 0. The van der Waals surface area contributed by atoms with E-state index in [1.807, 2.05) is 13.8 Å². The smallest absolute Gasteiger partial charge is 0.215 e. The lowest BCUT2D eigenvalue weighted by atomic mass is 9.90. The molecule has 0 aromatic heterocycles. The number of halogens is 2. The Morgan fingerprint density at radius 3 is 2.50 bits per heavy atom. The van der Waals surface area contributed by atoms with Crippen LogP contribution in [0.25, 0.3) is 0 Å². The number of sulfonamides is 1. The molecule has 0 saturated carbocycles. The van der Waals surface area contributed by atoms with E-state index in [0.29, 0.717) is 12.5 Å². The summed E-state index contributed by atoms with van der Waals surface area (Å²) in [6, 6.07) is 2.78. The van der Waals surface area contributed by atoms with Crippen molar-refractivity contribution in [2.75, 3.05) is 13.2 Å². The Morgan fingerprint density at radius 1 is 1.30 bits per heavy atom. The van der Waals surface area contributed by atoms with Crippen LogP contribution in [-0.2, 0) is 15.8 Å². The summed E-state index contributed by atoms with van der Waals surface area (Å²) in [7, 11) is -3.72. The van der Waals surface area contributed by atoms with Crippen LogP contribution in [0.1, 0.15) is 25.8 Å². The minimum Gasteiger partial charge on any atom is -0.396 e. The number of benzene rings is 1. The molecular weight excluding hydrogens is 288 g/mol. The number of nitrogens with one attached hydrogen (secondary N) is 1. The van der Waals surface area contributed by atoms with Gasteiger partial charge in [0.25, 0.3) is 0 Å². The van der Waals surface area contributed by atoms with Gasteiger partial charge in [0.15, 0.2) is 0 Å². The topological polar surface area (TPSA) is 66.4 Å². The van der Waals surface area contributed by atoms with Gasteiger partial charge in [0, 0.05) is 24.8 Å². The summed E-state index contributed by atoms with van der Waals surface area (Å²) in [5, 5.41) is 8.87. The molecule has 1 aromatic carbocycles. The minimum atomic E-state index is -3.72. The van der Waals surface area contributed by atoms with Crippen LogP contribution in [0.3, 0.4) is 0 Å². The highest BCUT2D eigenvalue weighted by molar-refractivity contribution is 7.88. The SMILES string of the molecule is CC(C)(CCO)CNS(=O)(=O)Cc1ccc(F)cc1F. The zero-order valence-electron chi connectivity index (χ0n) is 11.5. The molecule has 0 spiro atoms. The third-order valence-electron chi connectivity index (χ3n) is 2.92. The zero-order chi connectivity index (χ0) is 15.4. The van der Waals surface area contributed by atoms with Crippen molar-refractivity contribution in [1.29, 1.82) is 0 Å². The Balaban J connectivity index is 2.71. The van der Waals surface area contributed by atoms with Gasteiger partial charge in [-0.2, -0.15) is 0 Å². The van der Waals surface area contributed by atoms with Crippen LogP contribution < -0.4 is 4.72 Å². The standard InChI is InChI=1S/C13H19F2NO3S/c1-13(2,5-6-17)9-16-20(18,19)8-10-3-4-11(14)7-12(10)15/h3-4,7,16-17H,5-6,8-9H2,1-2H3. The second-order valence-electron chi connectivity index (χ2n) is 5.45. The lowest BCUT2D eigenvalue weighted by Crippen LogP contribution is -2.35. The van der Waals surface area contributed by atoms with Gasteiger partial charge in [-0.05, 0) is 17.9 Å². The van der Waals surface area contributed by atoms with Crippen LogP contribution in [0.2, 0.25) is 0 Å². The summed E-state index contributed by atoms with van der Waals surface area (Å²) in [6.07, 6.45) is 0.445. The van der Waals surface area contributed by atoms with E-state index in [1.165, 1.54) is 0 Å². The molecule has 0 bridgehead atoms. The van der Waals surface area contributed by atoms with Crippen LogP contribution in [0.15, 0.2) is 18.2 Å². The predicted molar refractivity (Wildman–Crippen MR) is 72.5 cm³/mol. The molecule has 1 aromatic rings. The number of hydrogen-bond donors (Lipinski definition) is 2. The second kappa shape index (κ2) is 6.60. The minimum absolute atomic E-state index is 0.0404. The summed E-state index contributed by atoms with van der Waals surface area (Å²) in [5.41, 5.74) is -0.484. The molecule has 0 radical (unpaired) electrons. The molecule has 0 saturated heterocycles. The van der Waals surface area contributed by atoms with Gasteiger partial charge in [-0.15, -0.1) is 0 Å². The zero-order valence-corrected chi connectivity index (χ0v) is 12.3. The second-order valence-corrected chi connectivity index (χ2v) is 7.26. The number of aliphatic hydroxyl groups excluding tert-OH is 1. The van der Waals surface area contributed by atoms with Gasteiger partial charge in [-0.3, -0.25) is 0 Å². The lowest BCUT2D eigenvalue weighted by Gasteiger charge is -2.23. The fourth-order valence-electron chi connectivity index (χ4n) is 1.59. The van der Waals surface area contributed by atoms with Gasteiger partial charge in [-0.25, -0.2) is 21.9 Å². The molecule has 2 N–H and O–H groups in total. The molecule has 0 aliphatic heterocycles. The number of hydrogen-bond acceptors (Lipinski definition) is 3. The molecule has 7 heteroatoms. The molecule has 4 nitrogen and oxygen atoms in total. The van der Waals surface area contributed by atoms with Crippen LogP contribution in [0, 0.1) is 17.0 Å². The maximum Gasteiger partial charge on any atom is 0.215 e. The first-order valence-corrected chi connectivity index (χ1v) is 7.82. The largest absolute Gasteiger partial charge is 0.396 e. The van der Waals surface area contributed by atoms with Crippen molar-refractivity contribution in [2.24, 2.45) is 5.41 Å². The van der Waals surface area contributed by atoms with Crippen LogP contribution in [0.4, 0.5) is 8.78 Å². The van der Waals surface area contributed by atoms with E-state index in [-0.39, 0.29) is 18.7 Å². The Hall–Kier alpha value is -1.05. The van der Waals surface area contributed by atoms with E-state index in [4.69, 9.17) is 5.11 Å². The van der Waals surface area contributed by atoms with Crippen molar-refractivity contribution in [3.05, 3.63) is 35.4 Å². The monoisotopic (exact) mass is 307 g/mol. The fourth-order valence-corrected chi connectivity index (χ4v) is 2.95. The third-order valence-corrected chi connectivity index (χ3v) is 4.20. The average molecular weight is 307 g/mol. The normalized spacial score (nSPS) is 12.7. The van der Waals surface area contributed by atoms with Crippen molar-refractivity contribution in [1.82, 2.24) is 4.72 Å². The number of aliphatic hydroxyl groups is 1. The highest BCUT2D eigenvalue weighted by Crippen LogP contribution is 2.19. The van der Waals surface area contributed by atoms with Gasteiger partial charge < -0.3 is 5.11 Å². The van der Waals surface area contributed by atoms with Crippen molar-refractivity contribution in [2.45, 2.75) is 26.0 Å². The van der Waals surface area contributed by atoms with Gasteiger partial charge in [0.1, 0.15) is 11.6 Å². The third kappa shape index (κ3) is 5.52. The molecule has 0 unspecified atom stereocenters. The summed E-state index contributed by atoms with van der Waals surface area (Å²) in [5.74, 6) is -2.18. The van der Waals surface area contributed by atoms with Crippen molar-refractivity contribution >= 4 is 10.0 Å². The van der Waals surface area contributed by atoms with Gasteiger partial charge in [0.05, 0.1) is 5.75 Å². The van der Waals surface area contributed by atoms with E-state index in [0.717, 1.165) is 12.1 Å². The maximum atomic E-state index is 13.4. The van der Waals surface area contributed by atoms with E-state index in [9.17, 15) is 17.2 Å². The first kappa shape index (κ1) is 17.0. The molecule has 0 amide bonds. The molecule has 0 aliphatic carbocycles. The Bertz CT molecular complexity index is 559. The highest BCUT2D eigenvalue weighted by Gasteiger charge is 2.21. The van der Waals surface area contributed by atoms with Gasteiger partial charge >= 0.3 is 0 Å². The van der Waals surface area contributed by atoms with Crippen molar-refractivity contribution in [3.8, 4) is 0 Å². The summed E-state index contributed by atoms with van der Waals surface area (Å²) >= 11 is 0. The molecule has 20 heavy (non-hydrogen) atoms. The Kier molecular flexibility index (Phi) is 5.61. The molecular formula is C13H19F2NO3S. The average Bonchev–Trinajstić information content (AvgIpc) is 2.31. The molecule has 0 fully saturated rings.